The minimum absolute atomic E-state index is 0.305. The van der Waals surface area contributed by atoms with E-state index in [4.69, 9.17) is 0 Å². The van der Waals surface area contributed by atoms with Gasteiger partial charge >= 0.3 is 0 Å². The number of hydrogen-bond donors (Lipinski definition) is 1. The first kappa shape index (κ1) is 33.4. The van der Waals surface area contributed by atoms with Crippen LogP contribution in [0, 0.1) is 0 Å². The Bertz CT molecular complexity index is 417. The Morgan fingerprint density at radius 3 is 1.29 bits per heavy atom. The first-order valence-corrected chi connectivity index (χ1v) is 15.5. The minimum Gasteiger partial charge on any atom is -0.395 e. The van der Waals surface area contributed by atoms with Crippen LogP contribution in [0.3, 0.4) is 0 Å². The fourth-order valence-electron chi connectivity index (χ4n) is 4.62. The molecule has 202 valence electrons. The SMILES string of the molecule is CCCCC/C=C\C/C=C\CCCCCCCCN(CCO)CCCCCCCCCCCC. The van der Waals surface area contributed by atoms with Crippen molar-refractivity contribution in [3.05, 3.63) is 24.3 Å². The van der Waals surface area contributed by atoms with Crippen molar-refractivity contribution in [2.45, 2.75) is 155 Å². The van der Waals surface area contributed by atoms with Crippen LogP contribution in [0.1, 0.15) is 155 Å². The number of unbranched alkanes of at least 4 members (excludes halogenated alkanes) is 18. The molecule has 0 unspecified atom stereocenters. The van der Waals surface area contributed by atoms with Crippen LogP contribution in [0.25, 0.3) is 0 Å². The fourth-order valence-corrected chi connectivity index (χ4v) is 4.62. The van der Waals surface area contributed by atoms with Crippen molar-refractivity contribution < 1.29 is 5.11 Å². The second kappa shape index (κ2) is 30.4. The molecule has 2 heteroatoms. The lowest BCUT2D eigenvalue weighted by Crippen LogP contribution is -2.29. The van der Waals surface area contributed by atoms with Gasteiger partial charge in [0.1, 0.15) is 0 Å². The third kappa shape index (κ3) is 27.6. The van der Waals surface area contributed by atoms with Gasteiger partial charge in [0.05, 0.1) is 6.61 Å². The van der Waals surface area contributed by atoms with Crippen LogP contribution in [-0.2, 0) is 0 Å². The lowest BCUT2D eigenvalue weighted by molar-refractivity contribution is 0.190. The van der Waals surface area contributed by atoms with Crippen molar-refractivity contribution in [2.24, 2.45) is 0 Å². The van der Waals surface area contributed by atoms with E-state index in [0.717, 1.165) is 13.0 Å². The molecule has 0 aliphatic carbocycles. The van der Waals surface area contributed by atoms with Crippen molar-refractivity contribution in [3.63, 3.8) is 0 Å². The Labute approximate surface area is 215 Å². The predicted molar refractivity (Wildman–Crippen MR) is 155 cm³/mol. The molecule has 0 aromatic rings. The topological polar surface area (TPSA) is 23.5 Å². The molecule has 0 aromatic heterocycles. The molecule has 0 aliphatic heterocycles. The van der Waals surface area contributed by atoms with Crippen molar-refractivity contribution in [2.75, 3.05) is 26.2 Å². The third-order valence-corrected chi connectivity index (χ3v) is 6.92. The number of nitrogens with zero attached hydrogens (tertiary/aromatic N) is 1. The summed E-state index contributed by atoms with van der Waals surface area (Å²) in [4.78, 5) is 2.49. The van der Waals surface area contributed by atoms with Crippen molar-refractivity contribution >= 4 is 0 Å². The summed E-state index contributed by atoms with van der Waals surface area (Å²) in [5.74, 6) is 0. The average Bonchev–Trinajstić information content (AvgIpc) is 2.84. The van der Waals surface area contributed by atoms with Crippen molar-refractivity contribution in [1.29, 1.82) is 0 Å². The molecule has 34 heavy (non-hydrogen) atoms. The molecular weight excluding hydrogens is 414 g/mol. The highest BCUT2D eigenvalue weighted by Gasteiger charge is 2.04. The average molecular weight is 478 g/mol. The molecule has 0 rings (SSSR count). The van der Waals surface area contributed by atoms with Gasteiger partial charge in [-0.15, -0.1) is 0 Å². The van der Waals surface area contributed by atoms with Gasteiger partial charge in [-0.25, -0.2) is 0 Å². The van der Waals surface area contributed by atoms with E-state index in [1.165, 1.54) is 148 Å². The molecule has 0 aromatic carbocycles. The smallest absolute Gasteiger partial charge is 0.0558 e. The van der Waals surface area contributed by atoms with Gasteiger partial charge < -0.3 is 10.0 Å². The first-order chi connectivity index (χ1) is 16.8. The Kier molecular flexibility index (Phi) is 29.9. The van der Waals surface area contributed by atoms with Crippen LogP contribution in [0.15, 0.2) is 24.3 Å². The highest BCUT2D eigenvalue weighted by atomic mass is 16.3. The molecule has 0 saturated carbocycles. The number of rotatable bonds is 28. The van der Waals surface area contributed by atoms with E-state index in [-0.39, 0.29) is 0 Å². The van der Waals surface area contributed by atoms with Crippen LogP contribution < -0.4 is 0 Å². The minimum atomic E-state index is 0.305. The number of hydrogen-bond acceptors (Lipinski definition) is 2. The normalized spacial score (nSPS) is 12.1. The Balaban J connectivity index is 3.46. The van der Waals surface area contributed by atoms with Gasteiger partial charge in [-0.3, -0.25) is 0 Å². The monoisotopic (exact) mass is 477 g/mol. The van der Waals surface area contributed by atoms with Crippen LogP contribution in [0.2, 0.25) is 0 Å². The number of aliphatic hydroxyl groups excluding tert-OH is 1. The molecule has 1 N–H and O–H groups in total. The zero-order valence-electron chi connectivity index (χ0n) is 23.6. The van der Waals surface area contributed by atoms with E-state index in [0.29, 0.717) is 6.61 Å². The van der Waals surface area contributed by atoms with Crippen molar-refractivity contribution in [1.82, 2.24) is 4.90 Å². The molecule has 0 radical (unpaired) electrons. The summed E-state index contributed by atoms with van der Waals surface area (Å²) >= 11 is 0. The summed E-state index contributed by atoms with van der Waals surface area (Å²) in [6.07, 6.45) is 39.1. The van der Waals surface area contributed by atoms with E-state index in [1.807, 2.05) is 0 Å². The second-order valence-corrected chi connectivity index (χ2v) is 10.3. The molecular formula is C32H63NO. The van der Waals surface area contributed by atoms with Gasteiger partial charge in [-0.05, 0) is 58.0 Å². The number of aliphatic hydroxyl groups is 1. The van der Waals surface area contributed by atoms with Gasteiger partial charge in [0, 0.05) is 6.54 Å². The Hall–Kier alpha value is -0.600. The summed E-state index contributed by atoms with van der Waals surface area (Å²) in [5.41, 5.74) is 0. The van der Waals surface area contributed by atoms with E-state index in [9.17, 15) is 5.11 Å². The van der Waals surface area contributed by atoms with Crippen LogP contribution in [0.4, 0.5) is 0 Å². The molecule has 0 bridgehead atoms. The maximum absolute atomic E-state index is 9.38. The van der Waals surface area contributed by atoms with Crippen LogP contribution in [-0.4, -0.2) is 36.2 Å². The number of allylic oxidation sites excluding steroid dienone is 4. The van der Waals surface area contributed by atoms with Gasteiger partial charge in [-0.2, -0.15) is 0 Å². The molecule has 0 heterocycles. The van der Waals surface area contributed by atoms with Gasteiger partial charge in [-0.1, -0.05) is 134 Å². The molecule has 0 fully saturated rings. The molecule has 0 atom stereocenters. The summed E-state index contributed by atoms with van der Waals surface area (Å²) in [6.45, 7) is 8.07. The third-order valence-electron chi connectivity index (χ3n) is 6.92. The Morgan fingerprint density at radius 2 is 0.824 bits per heavy atom. The zero-order valence-corrected chi connectivity index (χ0v) is 23.6. The lowest BCUT2D eigenvalue weighted by atomic mass is 10.1. The summed E-state index contributed by atoms with van der Waals surface area (Å²) in [7, 11) is 0. The molecule has 0 aliphatic rings. The van der Waals surface area contributed by atoms with Crippen molar-refractivity contribution in [3.8, 4) is 0 Å². The highest BCUT2D eigenvalue weighted by Crippen LogP contribution is 2.12. The lowest BCUT2D eigenvalue weighted by Gasteiger charge is -2.21. The quantitative estimate of drug-likeness (QED) is 0.0894. The zero-order chi connectivity index (χ0) is 24.8. The molecule has 0 saturated heterocycles. The largest absolute Gasteiger partial charge is 0.395 e. The van der Waals surface area contributed by atoms with E-state index >= 15 is 0 Å². The highest BCUT2D eigenvalue weighted by molar-refractivity contribution is 4.92. The molecule has 2 nitrogen and oxygen atoms in total. The van der Waals surface area contributed by atoms with Gasteiger partial charge in [0.15, 0.2) is 0 Å². The van der Waals surface area contributed by atoms with Crippen LogP contribution in [0.5, 0.6) is 0 Å². The Morgan fingerprint density at radius 1 is 0.441 bits per heavy atom. The first-order valence-electron chi connectivity index (χ1n) is 15.5. The predicted octanol–water partition coefficient (Wildman–Crippen LogP) is 10.0. The van der Waals surface area contributed by atoms with Gasteiger partial charge in [0.25, 0.3) is 0 Å². The second-order valence-electron chi connectivity index (χ2n) is 10.3. The van der Waals surface area contributed by atoms with Crippen LogP contribution >= 0.6 is 0 Å². The van der Waals surface area contributed by atoms with E-state index < -0.39 is 0 Å². The summed E-state index contributed by atoms with van der Waals surface area (Å²) in [6, 6.07) is 0. The maximum Gasteiger partial charge on any atom is 0.0558 e. The van der Waals surface area contributed by atoms with Gasteiger partial charge in [0.2, 0.25) is 0 Å². The molecule has 0 amide bonds. The van der Waals surface area contributed by atoms with E-state index in [2.05, 4.69) is 43.1 Å². The maximum atomic E-state index is 9.38. The molecule has 0 spiro atoms. The fraction of sp³-hybridized carbons (Fsp3) is 0.875. The summed E-state index contributed by atoms with van der Waals surface area (Å²) < 4.78 is 0. The van der Waals surface area contributed by atoms with E-state index in [1.54, 1.807) is 0 Å². The standard InChI is InChI=1S/C32H63NO/c1-3-5-7-9-11-13-15-16-17-18-19-20-22-24-26-28-30-33(31-32-34)29-27-25-23-21-14-12-10-8-6-4-2/h11,13,16-17,34H,3-10,12,14-15,18-32H2,1-2H3/b13-11-,17-16-. The summed E-state index contributed by atoms with van der Waals surface area (Å²) in [5, 5.41) is 9.38.